The van der Waals surface area contributed by atoms with E-state index in [4.69, 9.17) is 6.57 Å². The van der Waals surface area contributed by atoms with Gasteiger partial charge >= 0.3 is 0 Å². The Labute approximate surface area is 316 Å². The van der Waals surface area contributed by atoms with Crippen molar-refractivity contribution in [1.29, 1.82) is 5.26 Å². The molecule has 0 aliphatic heterocycles. The first kappa shape index (κ1) is 30.7. The van der Waals surface area contributed by atoms with Gasteiger partial charge in [0, 0.05) is 43.9 Å². The summed E-state index contributed by atoms with van der Waals surface area (Å²) in [7, 11) is 0. The molecule has 254 valence electrons. The molecule has 0 fully saturated rings. The molecule has 0 saturated carbocycles. The van der Waals surface area contributed by atoms with Gasteiger partial charge in [-0.1, -0.05) is 115 Å². The first-order valence-electron chi connectivity index (χ1n) is 18.3. The zero-order valence-corrected chi connectivity index (χ0v) is 29.5. The van der Waals surface area contributed by atoms with Gasteiger partial charge in [0.15, 0.2) is 0 Å². The van der Waals surface area contributed by atoms with Crippen LogP contribution in [0.3, 0.4) is 0 Å². The fourth-order valence-corrected chi connectivity index (χ4v) is 8.82. The minimum absolute atomic E-state index is 0.573. The summed E-state index contributed by atoms with van der Waals surface area (Å²) in [5.41, 5.74) is 12.3. The second kappa shape index (κ2) is 11.8. The van der Waals surface area contributed by atoms with Crippen LogP contribution in [0.2, 0.25) is 0 Å². The van der Waals surface area contributed by atoms with Crippen molar-refractivity contribution in [3.63, 3.8) is 0 Å². The van der Waals surface area contributed by atoms with E-state index < -0.39 is 0 Å². The standard InChI is InChI=1S/C50H29N5/c1-52-42-18-11-17-41-39-16-5-9-22-46(39)55(50(41)42)47-23-10-12-33(31-51)49(47)32-24-26-34(27-25-32)53-43-19-6-4-15-38(43)40-29-28-35(30-48(40)53)54-44-20-7-2-13-36(44)37-14-3-8-21-45(37)54/h2-30H. The van der Waals surface area contributed by atoms with Gasteiger partial charge in [0.1, 0.15) is 0 Å². The maximum atomic E-state index is 10.5. The van der Waals surface area contributed by atoms with Gasteiger partial charge in [-0.15, -0.1) is 0 Å². The number of nitrogens with zero attached hydrogens (tertiary/aromatic N) is 5. The summed E-state index contributed by atoms with van der Waals surface area (Å²) in [5, 5.41) is 17.4. The molecule has 0 aliphatic rings. The van der Waals surface area contributed by atoms with Gasteiger partial charge in [-0.05, 0) is 71.6 Å². The number of nitriles is 1. The normalized spacial score (nSPS) is 11.6. The van der Waals surface area contributed by atoms with Gasteiger partial charge in [0.05, 0.1) is 57.0 Å². The summed E-state index contributed by atoms with van der Waals surface area (Å²) in [5.74, 6) is 0. The largest absolute Gasteiger partial charge is 0.318 e. The van der Waals surface area contributed by atoms with Crippen molar-refractivity contribution in [1.82, 2.24) is 13.7 Å². The predicted molar refractivity (Wildman–Crippen MR) is 226 cm³/mol. The highest BCUT2D eigenvalue weighted by molar-refractivity contribution is 6.14. The van der Waals surface area contributed by atoms with Gasteiger partial charge in [-0.3, -0.25) is 0 Å². The first-order valence-corrected chi connectivity index (χ1v) is 18.3. The second-order valence-corrected chi connectivity index (χ2v) is 13.9. The molecule has 3 aromatic heterocycles. The Morgan fingerprint density at radius 1 is 0.436 bits per heavy atom. The van der Waals surface area contributed by atoms with E-state index in [1.54, 1.807) is 0 Å². The zero-order valence-electron chi connectivity index (χ0n) is 29.5. The quantitative estimate of drug-likeness (QED) is 0.169. The third-order valence-electron chi connectivity index (χ3n) is 11.1. The molecule has 0 saturated heterocycles. The average Bonchev–Trinajstić information content (AvgIpc) is 3.89. The molecule has 11 aromatic rings. The molecule has 0 aliphatic carbocycles. The Hall–Kier alpha value is -7.86. The van der Waals surface area contributed by atoms with Crippen LogP contribution in [0.1, 0.15) is 5.56 Å². The van der Waals surface area contributed by atoms with E-state index in [9.17, 15) is 5.26 Å². The molecule has 0 spiro atoms. The molecule has 0 atom stereocenters. The Kier molecular flexibility index (Phi) is 6.61. The smallest absolute Gasteiger partial charge is 0.211 e. The minimum Gasteiger partial charge on any atom is -0.318 e. The summed E-state index contributed by atoms with van der Waals surface area (Å²) in [6, 6.07) is 63.6. The molecular formula is C50H29N5. The van der Waals surface area contributed by atoms with E-state index in [1.165, 1.54) is 32.6 Å². The van der Waals surface area contributed by atoms with Crippen LogP contribution in [0.25, 0.3) is 98.5 Å². The fraction of sp³-hybridized carbons (Fsp3) is 0. The summed E-state index contributed by atoms with van der Waals surface area (Å²) in [6.45, 7) is 8.04. The number of hydrogen-bond donors (Lipinski definition) is 0. The number of hydrogen-bond acceptors (Lipinski definition) is 1. The average molecular weight is 700 g/mol. The molecule has 3 heterocycles. The van der Waals surface area contributed by atoms with Crippen LogP contribution in [-0.4, -0.2) is 13.7 Å². The highest BCUT2D eigenvalue weighted by Gasteiger charge is 2.21. The van der Waals surface area contributed by atoms with Crippen LogP contribution >= 0.6 is 0 Å². The SMILES string of the molecule is [C-]#[N+]c1cccc2c3ccccc3n(-c3cccc(C#N)c3-c3ccc(-n4c5ccccc5c5ccc(-n6c7ccccc7c7ccccc76)cc54)cc3)c12. The molecule has 11 rings (SSSR count). The highest BCUT2D eigenvalue weighted by atomic mass is 15.0. The Balaban J connectivity index is 1.12. The molecule has 55 heavy (non-hydrogen) atoms. The van der Waals surface area contributed by atoms with Crippen molar-refractivity contribution >= 4 is 71.1 Å². The maximum Gasteiger partial charge on any atom is 0.211 e. The van der Waals surface area contributed by atoms with E-state index in [0.29, 0.717) is 11.3 Å². The van der Waals surface area contributed by atoms with E-state index in [-0.39, 0.29) is 0 Å². The van der Waals surface area contributed by atoms with Crippen molar-refractivity contribution in [2.45, 2.75) is 0 Å². The zero-order chi connectivity index (χ0) is 36.6. The monoisotopic (exact) mass is 699 g/mol. The molecule has 0 N–H and O–H groups in total. The van der Waals surface area contributed by atoms with Crippen LogP contribution in [0.15, 0.2) is 176 Å². The lowest BCUT2D eigenvalue weighted by Crippen LogP contribution is -2.00. The molecule has 5 nitrogen and oxygen atoms in total. The molecule has 8 aromatic carbocycles. The topological polar surface area (TPSA) is 42.9 Å². The van der Waals surface area contributed by atoms with E-state index >= 15 is 0 Å². The Bertz CT molecular complexity index is 3400. The molecule has 0 unspecified atom stereocenters. The first-order chi connectivity index (χ1) is 27.2. The van der Waals surface area contributed by atoms with Crippen LogP contribution < -0.4 is 0 Å². The van der Waals surface area contributed by atoms with Gasteiger partial charge in [0.2, 0.25) is 5.69 Å². The molecule has 5 heteroatoms. The van der Waals surface area contributed by atoms with Crippen molar-refractivity contribution in [3.05, 3.63) is 193 Å². The highest BCUT2D eigenvalue weighted by Crippen LogP contribution is 2.42. The summed E-state index contributed by atoms with van der Waals surface area (Å²) < 4.78 is 6.87. The lowest BCUT2D eigenvalue weighted by atomic mass is 9.97. The fourth-order valence-electron chi connectivity index (χ4n) is 8.82. The van der Waals surface area contributed by atoms with E-state index in [0.717, 1.165) is 61.0 Å². The molecule has 0 radical (unpaired) electrons. The number of para-hydroxylation sites is 5. The second-order valence-electron chi connectivity index (χ2n) is 13.9. The minimum atomic E-state index is 0.573. The third-order valence-corrected chi connectivity index (χ3v) is 11.1. The number of aromatic nitrogens is 3. The van der Waals surface area contributed by atoms with Crippen molar-refractivity contribution < 1.29 is 0 Å². The van der Waals surface area contributed by atoms with Crippen LogP contribution in [0, 0.1) is 17.9 Å². The van der Waals surface area contributed by atoms with Crippen molar-refractivity contribution in [3.8, 4) is 34.3 Å². The summed E-state index contributed by atoms with van der Waals surface area (Å²) in [6.07, 6.45) is 0. The lowest BCUT2D eigenvalue weighted by Gasteiger charge is -2.17. The summed E-state index contributed by atoms with van der Waals surface area (Å²) in [4.78, 5) is 3.93. The van der Waals surface area contributed by atoms with Crippen LogP contribution in [0.4, 0.5) is 5.69 Å². The summed E-state index contributed by atoms with van der Waals surface area (Å²) >= 11 is 0. The van der Waals surface area contributed by atoms with Gasteiger partial charge in [-0.2, -0.15) is 5.26 Å². The molecular weight excluding hydrogens is 671 g/mol. The third kappa shape index (κ3) is 4.39. The Morgan fingerprint density at radius 3 is 1.53 bits per heavy atom. The van der Waals surface area contributed by atoms with E-state index in [2.05, 4.69) is 164 Å². The lowest BCUT2D eigenvalue weighted by molar-refractivity contribution is 1.15. The Morgan fingerprint density at radius 2 is 0.927 bits per heavy atom. The predicted octanol–water partition coefficient (Wildman–Crippen LogP) is 13.1. The van der Waals surface area contributed by atoms with Crippen LogP contribution in [0.5, 0.6) is 0 Å². The maximum absolute atomic E-state index is 10.5. The number of fused-ring (bicyclic) bond motifs is 9. The van der Waals surface area contributed by atoms with Gasteiger partial charge < -0.3 is 13.7 Å². The number of rotatable bonds is 4. The molecule has 0 amide bonds. The number of benzene rings is 8. The van der Waals surface area contributed by atoms with Crippen molar-refractivity contribution in [2.24, 2.45) is 0 Å². The van der Waals surface area contributed by atoms with Gasteiger partial charge in [0.25, 0.3) is 0 Å². The van der Waals surface area contributed by atoms with Crippen LogP contribution in [-0.2, 0) is 0 Å². The molecule has 0 bridgehead atoms. The van der Waals surface area contributed by atoms with Crippen molar-refractivity contribution in [2.75, 3.05) is 0 Å². The van der Waals surface area contributed by atoms with Gasteiger partial charge in [-0.25, -0.2) is 4.85 Å². The van der Waals surface area contributed by atoms with E-state index in [1.807, 2.05) is 36.4 Å².